The fourth-order valence-electron chi connectivity index (χ4n) is 3.58. The SMILES string of the molecule is COc1ccc(-c2n[nH]c(CNC(=O)Cc3c(C)nn(-c4nc(C)cc(C)n4)c3C)n2)cc1. The van der Waals surface area contributed by atoms with E-state index in [9.17, 15) is 4.79 Å². The highest BCUT2D eigenvalue weighted by atomic mass is 16.5. The van der Waals surface area contributed by atoms with Crippen LogP contribution in [0.3, 0.4) is 0 Å². The number of nitrogens with one attached hydrogen (secondary N) is 2. The van der Waals surface area contributed by atoms with E-state index in [-0.39, 0.29) is 18.9 Å². The second kappa shape index (κ2) is 9.19. The van der Waals surface area contributed by atoms with Crippen molar-refractivity contribution in [2.75, 3.05) is 7.11 Å². The third-order valence-corrected chi connectivity index (χ3v) is 5.27. The van der Waals surface area contributed by atoms with Gasteiger partial charge >= 0.3 is 0 Å². The number of methoxy groups -OCH3 is 1. The maximum Gasteiger partial charge on any atom is 0.251 e. The van der Waals surface area contributed by atoms with Gasteiger partial charge in [0.05, 0.1) is 25.8 Å². The van der Waals surface area contributed by atoms with Gasteiger partial charge in [0, 0.05) is 28.2 Å². The highest BCUT2D eigenvalue weighted by Crippen LogP contribution is 2.19. The Labute approximate surface area is 191 Å². The van der Waals surface area contributed by atoms with Crippen LogP contribution in [-0.2, 0) is 17.8 Å². The molecule has 3 aromatic heterocycles. The van der Waals surface area contributed by atoms with Crippen molar-refractivity contribution in [1.29, 1.82) is 0 Å². The van der Waals surface area contributed by atoms with E-state index in [0.29, 0.717) is 17.6 Å². The van der Waals surface area contributed by atoms with E-state index >= 15 is 0 Å². The molecule has 0 unspecified atom stereocenters. The Bertz CT molecular complexity index is 1270. The van der Waals surface area contributed by atoms with Gasteiger partial charge < -0.3 is 10.1 Å². The van der Waals surface area contributed by atoms with Crippen LogP contribution in [0.25, 0.3) is 17.3 Å². The second-order valence-corrected chi connectivity index (χ2v) is 7.80. The normalized spacial score (nSPS) is 10.9. The molecule has 0 radical (unpaired) electrons. The quantitative estimate of drug-likeness (QED) is 0.447. The second-order valence-electron chi connectivity index (χ2n) is 7.80. The Kier molecular flexibility index (Phi) is 6.16. The molecule has 0 saturated carbocycles. The van der Waals surface area contributed by atoms with Gasteiger partial charge in [0.1, 0.15) is 11.6 Å². The Morgan fingerprint density at radius 2 is 1.76 bits per heavy atom. The van der Waals surface area contributed by atoms with Crippen molar-refractivity contribution in [3.63, 3.8) is 0 Å². The van der Waals surface area contributed by atoms with Gasteiger partial charge in [-0.3, -0.25) is 9.89 Å². The number of benzene rings is 1. The fraction of sp³-hybridized carbons (Fsp3) is 0.304. The number of hydrogen-bond acceptors (Lipinski definition) is 7. The van der Waals surface area contributed by atoms with Crippen molar-refractivity contribution < 1.29 is 9.53 Å². The summed E-state index contributed by atoms with van der Waals surface area (Å²) in [5.74, 6) is 2.27. The molecule has 0 aliphatic carbocycles. The van der Waals surface area contributed by atoms with E-state index in [2.05, 4.69) is 35.6 Å². The molecular formula is C23H26N8O2. The number of ether oxygens (including phenoxy) is 1. The highest BCUT2D eigenvalue weighted by molar-refractivity contribution is 5.79. The zero-order valence-electron chi connectivity index (χ0n) is 19.3. The van der Waals surface area contributed by atoms with Crippen LogP contribution in [0, 0.1) is 27.7 Å². The molecule has 4 aromatic rings. The van der Waals surface area contributed by atoms with Crippen molar-refractivity contribution in [2.24, 2.45) is 0 Å². The summed E-state index contributed by atoms with van der Waals surface area (Å²) in [5.41, 5.74) is 5.06. The number of carbonyl (C=O) groups is 1. The number of nitrogens with zero attached hydrogens (tertiary/aromatic N) is 6. The lowest BCUT2D eigenvalue weighted by Gasteiger charge is -2.06. The van der Waals surface area contributed by atoms with Crippen molar-refractivity contribution in [3.8, 4) is 23.1 Å². The molecule has 4 rings (SSSR count). The summed E-state index contributed by atoms with van der Waals surface area (Å²) in [6, 6.07) is 9.37. The van der Waals surface area contributed by atoms with Crippen LogP contribution in [0.4, 0.5) is 0 Å². The smallest absolute Gasteiger partial charge is 0.251 e. The van der Waals surface area contributed by atoms with E-state index in [0.717, 1.165) is 39.7 Å². The lowest BCUT2D eigenvalue weighted by atomic mass is 10.1. The maximum absolute atomic E-state index is 12.6. The molecule has 10 heteroatoms. The molecular weight excluding hydrogens is 420 g/mol. The molecule has 0 atom stereocenters. The van der Waals surface area contributed by atoms with Gasteiger partial charge in [-0.25, -0.2) is 19.6 Å². The van der Waals surface area contributed by atoms with Crippen molar-refractivity contribution in [1.82, 2.24) is 40.2 Å². The van der Waals surface area contributed by atoms with Crippen LogP contribution in [0.15, 0.2) is 30.3 Å². The lowest BCUT2D eigenvalue weighted by Crippen LogP contribution is -2.25. The Balaban J connectivity index is 1.41. The average Bonchev–Trinajstić information content (AvgIpc) is 3.37. The number of rotatable bonds is 7. The van der Waals surface area contributed by atoms with Crippen molar-refractivity contribution in [3.05, 3.63) is 64.5 Å². The third kappa shape index (κ3) is 4.89. The molecule has 170 valence electrons. The first-order valence-corrected chi connectivity index (χ1v) is 10.5. The summed E-state index contributed by atoms with van der Waals surface area (Å²) in [6.07, 6.45) is 0.196. The van der Waals surface area contributed by atoms with Gasteiger partial charge in [0.2, 0.25) is 5.91 Å². The number of carbonyl (C=O) groups excluding carboxylic acids is 1. The summed E-state index contributed by atoms with van der Waals surface area (Å²) in [5, 5.41) is 14.5. The standard InChI is InChI=1S/C23H26N8O2/c1-13-10-14(2)26-23(25-13)31-16(4)19(15(3)30-31)11-21(32)24-12-20-27-22(29-28-20)17-6-8-18(33-5)9-7-17/h6-10H,11-12H2,1-5H3,(H,24,32)(H,27,28,29). The zero-order chi connectivity index (χ0) is 23.5. The van der Waals surface area contributed by atoms with Gasteiger partial charge in [-0.1, -0.05) is 0 Å². The minimum Gasteiger partial charge on any atom is -0.497 e. The zero-order valence-corrected chi connectivity index (χ0v) is 19.3. The predicted molar refractivity (Wildman–Crippen MR) is 122 cm³/mol. The molecule has 0 aliphatic heterocycles. The first-order chi connectivity index (χ1) is 15.8. The van der Waals surface area contributed by atoms with Crippen molar-refractivity contribution in [2.45, 2.75) is 40.7 Å². The highest BCUT2D eigenvalue weighted by Gasteiger charge is 2.18. The van der Waals surface area contributed by atoms with Crippen molar-refractivity contribution >= 4 is 5.91 Å². The average molecular weight is 447 g/mol. The first kappa shape index (κ1) is 22.1. The molecule has 0 saturated heterocycles. The largest absolute Gasteiger partial charge is 0.497 e. The Morgan fingerprint density at radius 3 is 2.42 bits per heavy atom. The number of aromatic amines is 1. The van der Waals surface area contributed by atoms with E-state index in [1.807, 2.05) is 58.0 Å². The van der Waals surface area contributed by atoms with Gasteiger partial charge in [-0.2, -0.15) is 10.2 Å². The van der Waals surface area contributed by atoms with Crippen LogP contribution in [0.2, 0.25) is 0 Å². The van der Waals surface area contributed by atoms with Gasteiger partial charge in [-0.15, -0.1) is 0 Å². The number of aromatic nitrogens is 7. The summed E-state index contributed by atoms with van der Waals surface area (Å²) in [7, 11) is 1.62. The number of H-pyrrole nitrogens is 1. The van der Waals surface area contributed by atoms with Crippen LogP contribution in [0.5, 0.6) is 5.75 Å². The number of aryl methyl sites for hydroxylation is 3. The van der Waals surface area contributed by atoms with E-state index in [1.165, 1.54) is 0 Å². The van der Waals surface area contributed by atoms with Crippen LogP contribution < -0.4 is 10.1 Å². The minimum absolute atomic E-state index is 0.135. The van der Waals surface area contributed by atoms with Gasteiger partial charge in [0.15, 0.2) is 5.82 Å². The molecule has 0 spiro atoms. The number of amides is 1. The minimum atomic E-state index is -0.135. The van der Waals surface area contributed by atoms with E-state index < -0.39 is 0 Å². The van der Waals surface area contributed by atoms with Gasteiger partial charge in [0.25, 0.3) is 5.95 Å². The Morgan fingerprint density at radius 1 is 1.06 bits per heavy atom. The summed E-state index contributed by atoms with van der Waals surface area (Å²) in [6.45, 7) is 7.88. The summed E-state index contributed by atoms with van der Waals surface area (Å²) < 4.78 is 6.86. The summed E-state index contributed by atoms with van der Waals surface area (Å²) in [4.78, 5) is 26.0. The molecule has 1 amide bonds. The number of hydrogen-bond donors (Lipinski definition) is 2. The predicted octanol–water partition coefficient (Wildman–Crippen LogP) is 2.55. The summed E-state index contributed by atoms with van der Waals surface area (Å²) >= 11 is 0. The Hall–Kier alpha value is -4.08. The monoisotopic (exact) mass is 446 g/mol. The van der Waals surface area contributed by atoms with Crippen LogP contribution in [0.1, 0.15) is 34.2 Å². The lowest BCUT2D eigenvalue weighted by molar-refractivity contribution is -0.120. The molecule has 0 aliphatic rings. The van der Waals surface area contributed by atoms with Gasteiger partial charge in [-0.05, 0) is 58.0 Å². The van der Waals surface area contributed by atoms with E-state index in [4.69, 9.17) is 4.74 Å². The molecule has 0 bridgehead atoms. The van der Waals surface area contributed by atoms with Crippen LogP contribution >= 0.6 is 0 Å². The fourth-order valence-corrected chi connectivity index (χ4v) is 3.58. The molecule has 33 heavy (non-hydrogen) atoms. The molecule has 2 N–H and O–H groups in total. The third-order valence-electron chi connectivity index (χ3n) is 5.27. The first-order valence-electron chi connectivity index (χ1n) is 10.5. The van der Waals surface area contributed by atoms with E-state index in [1.54, 1.807) is 11.8 Å². The molecule has 0 fully saturated rings. The van der Waals surface area contributed by atoms with Crippen LogP contribution in [-0.4, -0.2) is 47.9 Å². The maximum atomic E-state index is 12.6. The molecule has 3 heterocycles. The topological polar surface area (TPSA) is 123 Å². The molecule has 1 aromatic carbocycles. The molecule has 10 nitrogen and oxygen atoms in total.